The van der Waals surface area contributed by atoms with E-state index in [1.165, 1.54) is 35.1 Å². The lowest BCUT2D eigenvalue weighted by Gasteiger charge is -2.42. The molecule has 1 aliphatic carbocycles. The molecule has 0 aliphatic heterocycles. The predicted octanol–water partition coefficient (Wildman–Crippen LogP) is 8.60. The molecule has 0 heterocycles. The van der Waals surface area contributed by atoms with Gasteiger partial charge in [0, 0.05) is 6.42 Å². The van der Waals surface area contributed by atoms with Crippen molar-refractivity contribution >= 4 is 0 Å². The molecular weight excluding hydrogens is 420 g/mol. The molecule has 3 heteroatoms. The normalized spacial score (nSPS) is 19.1. The number of hydrogen-bond acceptors (Lipinski definition) is 3. The van der Waals surface area contributed by atoms with Crippen LogP contribution in [0, 0.1) is 6.92 Å². The molecule has 0 spiro atoms. The Bertz CT molecular complexity index is 1040. The smallest absolute Gasteiger partial charge is 0.122 e. The molecule has 0 atom stereocenters. The number of aryl methyl sites for hydroxylation is 1. The van der Waals surface area contributed by atoms with Crippen LogP contribution in [0.25, 0.3) is 0 Å². The van der Waals surface area contributed by atoms with E-state index in [0.717, 1.165) is 35.2 Å². The maximum Gasteiger partial charge on any atom is 0.122 e. The van der Waals surface area contributed by atoms with Crippen LogP contribution in [0.15, 0.2) is 70.9 Å². The molecule has 0 saturated heterocycles. The maximum absolute atomic E-state index is 10.8. The Labute approximate surface area is 207 Å². The fourth-order valence-electron chi connectivity index (χ4n) is 4.60. The SMILES string of the molecule is CCC(=C/C(OC)=C(C)/C(C)=C/C=C(\O)Cc1cc2c(cc1C)C(C)(C)CCC2(C)C)/C=C/O. The van der Waals surface area contributed by atoms with Gasteiger partial charge in [0.2, 0.25) is 0 Å². The minimum atomic E-state index is 0.150. The molecule has 0 aromatic heterocycles. The zero-order valence-electron chi connectivity index (χ0n) is 22.7. The van der Waals surface area contributed by atoms with Crippen LogP contribution in [-0.4, -0.2) is 17.3 Å². The van der Waals surface area contributed by atoms with E-state index in [0.29, 0.717) is 12.2 Å². The number of allylic oxidation sites excluding steroid dienone is 8. The average molecular weight is 465 g/mol. The molecule has 0 saturated carbocycles. The topological polar surface area (TPSA) is 49.7 Å². The van der Waals surface area contributed by atoms with Crippen molar-refractivity contribution in [2.75, 3.05) is 7.11 Å². The zero-order valence-corrected chi connectivity index (χ0v) is 22.7. The molecule has 2 rings (SSSR count). The van der Waals surface area contributed by atoms with Gasteiger partial charge in [-0.3, -0.25) is 0 Å². The van der Waals surface area contributed by atoms with Gasteiger partial charge >= 0.3 is 0 Å². The van der Waals surface area contributed by atoms with Gasteiger partial charge in [-0.05, 0) is 108 Å². The maximum atomic E-state index is 10.8. The highest BCUT2D eigenvalue weighted by atomic mass is 16.5. The molecule has 0 bridgehead atoms. The van der Waals surface area contributed by atoms with Gasteiger partial charge in [0.15, 0.2) is 0 Å². The third-order valence-corrected chi connectivity index (χ3v) is 7.40. The Morgan fingerprint density at radius 1 is 1.03 bits per heavy atom. The second-order valence-corrected chi connectivity index (χ2v) is 10.9. The summed E-state index contributed by atoms with van der Waals surface area (Å²) in [4.78, 5) is 0. The van der Waals surface area contributed by atoms with Crippen LogP contribution in [0.3, 0.4) is 0 Å². The van der Waals surface area contributed by atoms with Crippen molar-refractivity contribution in [2.45, 2.75) is 91.9 Å². The van der Waals surface area contributed by atoms with Crippen molar-refractivity contribution in [3.05, 3.63) is 93.2 Å². The highest BCUT2D eigenvalue weighted by Gasteiger charge is 2.37. The van der Waals surface area contributed by atoms with E-state index in [1.54, 1.807) is 19.3 Å². The van der Waals surface area contributed by atoms with Crippen LogP contribution in [0.1, 0.15) is 90.0 Å². The second-order valence-electron chi connectivity index (χ2n) is 10.9. The fraction of sp³-hybridized carbons (Fsp3) is 0.484. The number of aliphatic hydroxyl groups excluding tert-OH is 2. The fourth-order valence-corrected chi connectivity index (χ4v) is 4.60. The first kappa shape index (κ1) is 27.6. The molecule has 2 N–H and O–H groups in total. The van der Waals surface area contributed by atoms with Crippen molar-refractivity contribution in [1.82, 2.24) is 0 Å². The number of rotatable bonds is 8. The second kappa shape index (κ2) is 11.2. The van der Waals surface area contributed by atoms with Gasteiger partial charge in [0.25, 0.3) is 0 Å². The van der Waals surface area contributed by atoms with Crippen molar-refractivity contribution < 1.29 is 14.9 Å². The van der Waals surface area contributed by atoms with Gasteiger partial charge in [0.05, 0.1) is 19.1 Å². The van der Waals surface area contributed by atoms with E-state index >= 15 is 0 Å². The summed E-state index contributed by atoms with van der Waals surface area (Å²) in [6, 6.07) is 4.67. The van der Waals surface area contributed by atoms with Crippen molar-refractivity contribution in [2.24, 2.45) is 0 Å². The third kappa shape index (κ3) is 6.46. The Morgan fingerprint density at radius 2 is 1.62 bits per heavy atom. The quantitative estimate of drug-likeness (QED) is 0.299. The highest BCUT2D eigenvalue weighted by Crippen LogP contribution is 2.46. The number of aliphatic hydroxyl groups is 2. The summed E-state index contributed by atoms with van der Waals surface area (Å²) in [6.07, 6.45) is 12.0. The Morgan fingerprint density at radius 3 is 2.15 bits per heavy atom. The van der Waals surface area contributed by atoms with Gasteiger partial charge in [-0.25, -0.2) is 0 Å². The molecule has 34 heavy (non-hydrogen) atoms. The largest absolute Gasteiger partial charge is 0.516 e. The first-order valence-corrected chi connectivity index (χ1v) is 12.3. The summed E-state index contributed by atoms with van der Waals surface area (Å²) < 4.78 is 5.58. The first-order chi connectivity index (χ1) is 15.9. The Hall–Kier alpha value is -2.68. The lowest BCUT2D eigenvalue weighted by atomic mass is 9.62. The van der Waals surface area contributed by atoms with Crippen molar-refractivity contribution in [3.8, 4) is 0 Å². The summed E-state index contributed by atoms with van der Waals surface area (Å²) >= 11 is 0. The molecule has 0 amide bonds. The number of benzene rings is 1. The number of fused-ring (bicyclic) bond motifs is 1. The third-order valence-electron chi connectivity index (χ3n) is 7.40. The summed E-state index contributed by atoms with van der Waals surface area (Å²) in [5.74, 6) is 1.09. The molecule has 1 aromatic carbocycles. The molecule has 0 fully saturated rings. The van der Waals surface area contributed by atoms with Crippen LogP contribution in [0.5, 0.6) is 0 Å². The molecule has 0 unspecified atom stereocenters. The lowest BCUT2D eigenvalue weighted by Crippen LogP contribution is -2.34. The van der Waals surface area contributed by atoms with Crippen LogP contribution in [0.4, 0.5) is 0 Å². The van der Waals surface area contributed by atoms with Crippen molar-refractivity contribution in [1.29, 1.82) is 0 Å². The molecule has 186 valence electrons. The number of methoxy groups -OCH3 is 1. The number of hydrogen-bond donors (Lipinski definition) is 2. The Kier molecular flexibility index (Phi) is 9.05. The average Bonchev–Trinajstić information content (AvgIpc) is 2.78. The number of ether oxygens (including phenoxy) is 1. The highest BCUT2D eigenvalue weighted by molar-refractivity contribution is 5.48. The minimum absolute atomic E-state index is 0.150. The molecular formula is C31H44O3. The molecule has 0 radical (unpaired) electrons. The summed E-state index contributed by atoms with van der Waals surface area (Å²) in [6.45, 7) is 17.5. The van der Waals surface area contributed by atoms with E-state index in [-0.39, 0.29) is 10.8 Å². The predicted molar refractivity (Wildman–Crippen MR) is 144 cm³/mol. The van der Waals surface area contributed by atoms with E-state index in [4.69, 9.17) is 9.84 Å². The van der Waals surface area contributed by atoms with Crippen LogP contribution in [0.2, 0.25) is 0 Å². The van der Waals surface area contributed by atoms with Crippen LogP contribution in [-0.2, 0) is 22.0 Å². The monoisotopic (exact) mass is 464 g/mol. The van der Waals surface area contributed by atoms with Gasteiger partial charge in [0.1, 0.15) is 5.76 Å². The standard InChI is InChI=1S/C31H44O3/c1-10-24(13-16-32)18-29(34-9)23(4)21(2)11-12-26(33)19-25-20-28-27(17-22(25)3)30(5,6)14-15-31(28,7)8/h11-13,16-18,20,32-33H,10,14-15,19H2,1-9H3/b16-13+,21-11+,24-18-,26-12-,29-23-. The van der Waals surface area contributed by atoms with Gasteiger partial charge in [-0.2, -0.15) is 0 Å². The van der Waals surface area contributed by atoms with E-state index in [9.17, 15) is 5.11 Å². The van der Waals surface area contributed by atoms with Crippen LogP contribution < -0.4 is 0 Å². The van der Waals surface area contributed by atoms with Crippen molar-refractivity contribution in [3.63, 3.8) is 0 Å². The van der Waals surface area contributed by atoms with Gasteiger partial charge in [-0.15, -0.1) is 0 Å². The Balaban J connectivity index is 2.34. The summed E-state index contributed by atoms with van der Waals surface area (Å²) in [5.41, 5.74) is 8.59. The first-order valence-electron chi connectivity index (χ1n) is 12.3. The summed E-state index contributed by atoms with van der Waals surface area (Å²) in [7, 11) is 1.65. The molecule has 3 nitrogen and oxygen atoms in total. The van der Waals surface area contributed by atoms with Gasteiger partial charge < -0.3 is 14.9 Å². The molecule has 1 aromatic rings. The van der Waals surface area contributed by atoms with Gasteiger partial charge in [-0.1, -0.05) is 52.8 Å². The van der Waals surface area contributed by atoms with E-state index in [2.05, 4.69) is 46.8 Å². The van der Waals surface area contributed by atoms with Crippen LogP contribution >= 0.6 is 0 Å². The lowest BCUT2D eigenvalue weighted by molar-refractivity contribution is 0.302. The summed E-state index contributed by atoms with van der Waals surface area (Å²) in [5, 5.41) is 19.8. The zero-order chi connectivity index (χ0) is 25.7. The van der Waals surface area contributed by atoms with E-state index < -0.39 is 0 Å². The minimum Gasteiger partial charge on any atom is -0.516 e. The molecule has 1 aliphatic rings. The van der Waals surface area contributed by atoms with E-state index in [1.807, 2.05) is 32.9 Å².